The van der Waals surface area contributed by atoms with Crippen molar-refractivity contribution in [2.45, 2.75) is 26.3 Å². The smallest absolute Gasteiger partial charge is 0.165 e. The Bertz CT molecular complexity index is 558. The van der Waals surface area contributed by atoms with Crippen LogP contribution in [0.2, 0.25) is 0 Å². The summed E-state index contributed by atoms with van der Waals surface area (Å²) in [5, 5.41) is 7.84. The van der Waals surface area contributed by atoms with Crippen LogP contribution in [0.1, 0.15) is 18.4 Å². The van der Waals surface area contributed by atoms with Gasteiger partial charge in [-0.05, 0) is 50.4 Å². The highest BCUT2D eigenvalue weighted by Crippen LogP contribution is 2.24. The van der Waals surface area contributed by atoms with Crippen LogP contribution in [-0.2, 0) is 6.54 Å². The summed E-state index contributed by atoms with van der Waals surface area (Å²) in [7, 11) is 0. The van der Waals surface area contributed by atoms with E-state index in [9.17, 15) is 0 Å². The van der Waals surface area contributed by atoms with Gasteiger partial charge in [0.1, 0.15) is 5.75 Å². The maximum atomic E-state index is 5.88. The van der Waals surface area contributed by atoms with Crippen molar-refractivity contribution in [3.05, 3.63) is 42.2 Å². The maximum Gasteiger partial charge on any atom is 0.165 e. The van der Waals surface area contributed by atoms with Crippen LogP contribution in [-0.4, -0.2) is 22.9 Å². The van der Waals surface area contributed by atoms with Crippen molar-refractivity contribution in [1.82, 2.24) is 15.1 Å². The fraction of sp³-hybridized carbons (Fsp3) is 0.438. The molecule has 2 aromatic rings. The van der Waals surface area contributed by atoms with Crippen molar-refractivity contribution in [2.75, 3.05) is 13.1 Å². The van der Waals surface area contributed by atoms with Gasteiger partial charge in [-0.15, -0.1) is 0 Å². The lowest BCUT2D eigenvalue weighted by Gasteiger charge is -2.22. The zero-order valence-corrected chi connectivity index (χ0v) is 11.9. The van der Waals surface area contributed by atoms with E-state index in [1.807, 2.05) is 42.1 Å². The molecule has 0 spiro atoms. The minimum Gasteiger partial charge on any atom is -0.454 e. The Balaban J connectivity index is 1.63. The fourth-order valence-corrected chi connectivity index (χ4v) is 2.64. The predicted molar refractivity (Wildman–Crippen MR) is 79.1 cm³/mol. The lowest BCUT2D eigenvalue weighted by molar-refractivity contribution is 0.325. The van der Waals surface area contributed by atoms with Crippen LogP contribution in [0.5, 0.6) is 11.5 Å². The van der Waals surface area contributed by atoms with E-state index in [0.717, 1.165) is 36.7 Å². The molecular formula is C16H21N3O. The molecule has 1 fully saturated rings. The van der Waals surface area contributed by atoms with Crippen molar-refractivity contribution in [3.63, 3.8) is 0 Å². The second-order valence-electron chi connectivity index (χ2n) is 5.48. The van der Waals surface area contributed by atoms with Crippen LogP contribution in [0.4, 0.5) is 0 Å². The molecule has 1 aliphatic heterocycles. The van der Waals surface area contributed by atoms with Crippen molar-refractivity contribution >= 4 is 0 Å². The number of nitrogens with one attached hydrogen (secondary N) is 1. The number of hydrogen-bond acceptors (Lipinski definition) is 3. The number of rotatable bonds is 4. The molecule has 4 nitrogen and oxygen atoms in total. The molecule has 0 amide bonds. The van der Waals surface area contributed by atoms with E-state index in [-0.39, 0.29) is 0 Å². The number of aromatic nitrogens is 2. The van der Waals surface area contributed by atoms with Gasteiger partial charge in [-0.25, -0.2) is 0 Å². The zero-order chi connectivity index (χ0) is 13.8. The summed E-state index contributed by atoms with van der Waals surface area (Å²) >= 11 is 0. The number of ether oxygens (including phenoxy) is 1. The average Bonchev–Trinajstić information content (AvgIpc) is 2.90. The highest BCUT2D eigenvalue weighted by molar-refractivity contribution is 5.35. The third-order valence-corrected chi connectivity index (χ3v) is 3.78. The van der Waals surface area contributed by atoms with Crippen LogP contribution in [0, 0.1) is 12.8 Å². The van der Waals surface area contributed by atoms with Gasteiger partial charge in [0.15, 0.2) is 5.75 Å². The van der Waals surface area contributed by atoms with E-state index in [1.165, 1.54) is 12.8 Å². The normalized spacial score (nSPS) is 18.9. The van der Waals surface area contributed by atoms with Gasteiger partial charge in [0, 0.05) is 6.54 Å². The molecule has 1 aliphatic rings. The van der Waals surface area contributed by atoms with E-state index in [4.69, 9.17) is 4.74 Å². The molecule has 1 atom stereocenters. The monoisotopic (exact) mass is 271 g/mol. The summed E-state index contributed by atoms with van der Waals surface area (Å²) in [6.07, 6.45) is 6.32. The van der Waals surface area contributed by atoms with E-state index in [1.54, 1.807) is 6.20 Å². The minimum atomic E-state index is 0.676. The molecule has 1 saturated heterocycles. The molecule has 4 heteroatoms. The lowest BCUT2D eigenvalue weighted by Crippen LogP contribution is -2.32. The highest BCUT2D eigenvalue weighted by Gasteiger charge is 2.14. The Morgan fingerprint density at radius 3 is 3.10 bits per heavy atom. The summed E-state index contributed by atoms with van der Waals surface area (Å²) in [4.78, 5) is 0. The van der Waals surface area contributed by atoms with Gasteiger partial charge in [0.2, 0.25) is 0 Å². The molecule has 106 valence electrons. The average molecular weight is 271 g/mol. The topological polar surface area (TPSA) is 39.1 Å². The van der Waals surface area contributed by atoms with Gasteiger partial charge >= 0.3 is 0 Å². The molecule has 2 heterocycles. The molecule has 0 bridgehead atoms. The molecular weight excluding hydrogens is 250 g/mol. The maximum absolute atomic E-state index is 5.88. The summed E-state index contributed by atoms with van der Waals surface area (Å²) < 4.78 is 7.87. The highest BCUT2D eigenvalue weighted by atomic mass is 16.5. The summed E-state index contributed by atoms with van der Waals surface area (Å²) in [6, 6.07) is 8.04. The molecule has 1 aromatic carbocycles. The molecule has 0 radical (unpaired) electrons. The van der Waals surface area contributed by atoms with Crippen LogP contribution >= 0.6 is 0 Å². The third-order valence-electron chi connectivity index (χ3n) is 3.78. The standard InChI is InChI=1S/C16H21N3O/c1-13-5-2-3-7-16(13)20-15-10-18-19(12-15)11-14-6-4-8-17-9-14/h2-3,5,7,10,12,14,17H,4,6,8-9,11H2,1H3. The quantitative estimate of drug-likeness (QED) is 0.929. The SMILES string of the molecule is Cc1ccccc1Oc1cnn(CC2CCCNC2)c1. The Hall–Kier alpha value is -1.81. The fourth-order valence-electron chi connectivity index (χ4n) is 2.64. The first-order valence-electron chi connectivity index (χ1n) is 7.28. The molecule has 0 saturated carbocycles. The Kier molecular flexibility index (Phi) is 4.02. The molecule has 3 rings (SSSR count). The van der Waals surface area contributed by atoms with Crippen molar-refractivity contribution < 1.29 is 4.74 Å². The van der Waals surface area contributed by atoms with Gasteiger partial charge in [0.05, 0.1) is 12.4 Å². The molecule has 1 N–H and O–H groups in total. The number of aryl methyl sites for hydroxylation is 1. The number of para-hydroxylation sites is 1. The Morgan fingerprint density at radius 1 is 1.40 bits per heavy atom. The van der Waals surface area contributed by atoms with Crippen molar-refractivity contribution in [1.29, 1.82) is 0 Å². The van der Waals surface area contributed by atoms with E-state index in [0.29, 0.717) is 5.92 Å². The third kappa shape index (κ3) is 3.20. The van der Waals surface area contributed by atoms with Gasteiger partial charge in [-0.1, -0.05) is 18.2 Å². The van der Waals surface area contributed by atoms with E-state index >= 15 is 0 Å². The largest absolute Gasteiger partial charge is 0.454 e. The first kappa shape index (κ1) is 13.2. The number of hydrogen-bond donors (Lipinski definition) is 1. The number of benzene rings is 1. The summed E-state index contributed by atoms with van der Waals surface area (Å²) in [6.45, 7) is 5.25. The van der Waals surface area contributed by atoms with Gasteiger partial charge in [0.25, 0.3) is 0 Å². The van der Waals surface area contributed by atoms with Crippen LogP contribution in [0.25, 0.3) is 0 Å². The minimum absolute atomic E-state index is 0.676. The van der Waals surface area contributed by atoms with Gasteiger partial charge < -0.3 is 10.1 Å². The summed E-state index contributed by atoms with van der Waals surface area (Å²) in [5.74, 6) is 2.38. The lowest BCUT2D eigenvalue weighted by atomic mass is 10.00. The summed E-state index contributed by atoms with van der Waals surface area (Å²) in [5.41, 5.74) is 1.14. The molecule has 0 aliphatic carbocycles. The van der Waals surface area contributed by atoms with Crippen LogP contribution in [0.3, 0.4) is 0 Å². The second kappa shape index (κ2) is 6.09. The van der Waals surface area contributed by atoms with Gasteiger partial charge in [-0.2, -0.15) is 5.10 Å². The van der Waals surface area contributed by atoms with Gasteiger partial charge in [-0.3, -0.25) is 4.68 Å². The van der Waals surface area contributed by atoms with Crippen LogP contribution < -0.4 is 10.1 Å². The van der Waals surface area contributed by atoms with E-state index in [2.05, 4.69) is 10.4 Å². The van der Waals surface area contributed by atoms with E-state index < -0.39 is 0 Å². The van der Waals surface area contributed by atoms with Crippen molar-refractivity contribution in [2.24, 2.45) is 5.92 Å². The molecule has 1 aromatic heterocycles. The van der Waals surface area contributed by atoms with Crippen LogP contribution in [0.15, 0.2) is 36.7 Å². The first-order chi connectivity index (χ1) is 9.81. The predicted octanol–water partition coefficient (Wildman–Crippen LogP) is 2.98. The Labute approximate surface area is 119 Å². The number of nitrogens with zero attached hydrogens (tertiary/aromatic N) is 2. The number of piperidine rings is 1. The molecule has 1 unspecified atom stereocenters. The first-order valence-corrected chi connectivity index (χ1v) is 7.28. The van der Waals surface area contributed by atoms with Crippen molar-refractivity contribution in [3.8, 4) is 11.5 Å². The zero-order valence-electron chi connectivity index (χ0n) is 11.9. The molecule has 20 heavy (non-hydrogen) atoms. The second-order valence-corrected chi connectivity index (χ2v) is 5.48. The Morgan fingerprint density at radius 2 is 2.30 bits per heavy atom.